The van der Waals surface area contributed by atoms with Crippen molar-refractivity contribution in [2.24, 2.45) is 7.05 Å². The van der Waals surface area contributed by atoms with Gasteiger partial charge in [-0.1, -0.05) is 22.0 Å². The van der Waals surface area contributed by atoms with E-state index >= 15 is 0 Å². The summed E-state index contributed by atoms with van der Waals surface area (Å²) < 4.78 is 15.3. The van der Waals surface area contributed by atoms with E-state index in [4.69, 9.17) is 0 Å². The van der Waals surface area contributed by atoms with Gasteiger partial charge in [-0.2, -0.15) is 0 Å². The highest BCUT2D eigenvalue weighted by Gasteiger charge is 2.13. The first-order valence-electron chi connectivity index (χ1n) is 5.16. The fourth-order valence-electron chi connectivity index (χ4n) is 1.61. The van der Waals surface area contributed by atoms with Crippen molar-refractivity contribution in [2.75, 3.05) is 0 Å². The highest BCUT2D eigenvalue weighted by Crippen LogP contribution is 2.23. The molecular formula is C12H12BrFN2O. The van der Waals surface area contributed by atoms with Gasteiger partial charge >= 0.3 is 0 Å². The van der Waals surface area contributed by atoms with Gasteiger partial charge in [0.15, 0.2) is 0 Å². The van der Waals surface area contributed by atoms with Gasteiger partial charge in [0.25, 0.3) is 0 Å². The van der Waals surface area contributed by atoms with Crippen molar-refractivity contribution in [1.29, 1.82) is 0 Å². The zero-order valence-electron chi connectivity index (χ0n) is 9.27. The molecule has 17 heavy (non-hydrogen) atoms. The van der Waals surface area contributed by atoms with E-state index < -0.39 is 6.10 Å². The number of rotatable bonds is 3. The number of halogens is 2. The van der Waals surface area contributed by atoms with E-state index in [1.807, 2.05) is 7.05 Å². The molecule has 0 saturated heterocycles. The minimum Gasteiger partial charge on any atom is -0.386 e. The quantitative estimate of drug-likeness (QED) is 0.946. The van der Waals surface area contributed by atoms with E-state index in [0.717, 1.165) is 5.56 Å². The lowest BCUT2D eigenvalue weighted by atomic mass is 10.1. The maximum absolute atomic E-state index is 12.9. The van der Waals surface area contributed by atoms with Gasteiger partial charge in [-0.15, -0.1) is 0 Å². The Morgan fingerprint density at radius 1 is 1.53 bits per heavy atom. The number of imidazole rings is 1. The fourth-order valence-corrected chi connectivity index (χ4v) is 2.12. The summed E-state index contributed by atoms with van der Waals surface area (Å²) in [5, 5.41) is 9.99. The summed E-state index contributed by atoms with van der Waals surface area (Å²) in [6, 6.07) is 4.43. The van der Waals surface area contributed by atoms with Gasteiger partial charge in [0.1, 0.15) is 11.9 Å². The van der Waals surface area contributed by atoms with E-state index in [1.54, 1.807) is 23.2 Å². The van der Waals surface area contributed by atoms with Crippen LogP contribution in [-0.2, 0) is 13.5 Å². The highest BCUT2D eigenvalue weighted by atomic mass is 79.9. The van der Waals surface area contributed by atoms with Crippen molar-refractivity contribution >= 4 is 15.9 Å². The van der Waals surface area contributed by atoms with E-state index in [1.165, 1.54) is 12.1 Å². The lowest BCUT2D eigenvalue weighted by Gasteiger charge is -2.09. The van der Waals surface area contributed by atoms with Crippen molar-refractivity contribution in [1.82, 2.24) is 9.55 Å². The van der Waals surface area contributed by atoms with E-state index in [0.29, 0.717) is 16.6 Å². The molecule has 0 aliphatic heterocycles. The molecule has 3 nitrogen and oxygen atoms in total. The first kappa shape index (κ1) is 12.3. The molecule has 1 N–H and O–H groups in total. The zero-order chi connectivity index (χ0) is 12.4. The van der Waals surface area contributed by atoms with Crippen LogP contribution < -0.4 is 0 Å². The summed E-state index contributed by atoms with van der Waals surface area (Å²) in [4.78, 5) is 4.08. The summed E-state index contributed by atoms with van der Waals surface area (Å²) in [6.07, 6.45) is 3.12. The Kier molecular flexibility index (Phi) is 3.59. The third-order valence-corrected chi connectivity index (χ3v) is 3.23. The summed E-state index contributed by atoms with van der Waals surface area (Å²) in [6.45, 7) is 0. The average molecular weight is 299 g/mol. The normalized spacial score (nSPS) is 12.7. The van der Waals surface area contributed by atoms with Crippen LogP contribution in [0.3, 0.4) is 0 Å². The maximum Gasteiger partial charge on any atom is 0.124 e. The molecular weight excluding hydrogens is 287 g/mol. The first-order chi connectivity index (χ1) is 8.06. The van der Waals surface area contributed by atoms with Gasteiger partial charge in [0.05, 0.1) is 12.0 Å². The van der Waals surface area contributed by atoms with Crippen LogP contribution in [0.5, 0.6) is 0 Å². The lowest BCUT2D eigenvalue weighted by molar-refractivity contribution is 0.174. The molecule has 2 rings (SSSR count). The average Bonchev–Trinajstić information content (AvgIpc) is 2.69. The van der Waals surface area contributed by atoms with E-state index in [-0.39, 0.29) is 5.82 Å². The first-order valence-corrected chi connectivity index (χ1v) is 5.95. The van der Waals surface area contributed by atoms with Crippen LogP contribution in [0.15, 0.2) is 35.2 Å². The summed E-state index contributed by atoms with van der Waals surface area (Å²) in [5.74, 6) is -0.298. The molecule has 0 aliphatic carbocycles. The van der Waals surface area contributed by atoms with Crippen LogP contribution in [-0.4, -0.2) is 14.7 Å². The van der Waals surface area contributed by atoms with Crippen LogP contribution in [0.1, 0.15) is 17.4 Å². The minimum absolute atomic E-state index is 0.298. The molecule has 0 bridgehead atoms. The molecule has 0 aliphatic rings. The second kappa shape index (κ2) is 4.98. The highest BCUT2D eigenvalue weighted by molar-refractivity contribution is 9.10. The standard InChI is InChI=1S/C12H12BrFN2O/c1-16-6-11(15-7-16)12(17)4-8-2-3-9(14)5-10(8)13/h2-3,5-7,12,17H,4H2,1H3. The smallest absolute Gasteiger partial charge is 0.124 e. The number of hydrogen-bond acceptors (Lipinski definition) is 2. The fraction of sp³-hybridized carbons (Fsp3) is 0.250. The van der Waals surface area contributed by atoms with Crippen LogP contribution in [0.4, 0.5) is 4.39 Å². The Hall–Kier alpha value is -1.20. The van der Waals surface area contributed by atoms with Gasteiger partial charge in [0.2, 0.25) is 0 Å². The van der Waals surface area contributed by atoms with Crippen molar-refractivity contribution in [3.63, 3.8) is 0 Å². The molecule has 0 saturated carbocycles. The van der Waals surface area contributed by atoms with Crippen LogP contribution >= 0.6 is 15.9 Å². The Balaban J connectivity index is 2.15. The zero-order valence-corrected chi connectivity index (χ0v) is 10.9. The molecule has 1 aromatic heterocycles. The summed E-state index contributed by atoms with van der Waals surface area (Å²) in [7, 11) is 1.84. The predicted octanol–water partition coefficient (Wildman–Crippen LogP) is 2.60. The van der Waals surface area contributed by atoms with E-state index in [2.05, 4.69) is 20.9 Å². The van der Waals surface area contributed by atoms with Crippen LogP contribution in [0.25, 0.3) is 0 Å². The Morgan fingerprint density at radius 2 is 2.29 bits per heavy atom. The van der Waals surface area contributed by atoms with Crippen molar-refractivity contribution in [2.45, 2.75) is 12.5 Å². The molecule has 1 aromatic carbocycles. The Bertz CT molecular complexity index is 527. The Labute approximate surface area is 107 Å². The second-order valence-electron chi connectivity index (χ2n) is 3.92. The van der Waals surface area contributed by atoms with Crippen molar-refractivity contribution in [3.05, 3.63) is 52.3 Å². The SMILES string of the molecule is Cn1cnc(C(O)Cc2ccc(F)cc2Br)c1. The summed E-state index contributed by atoms with van der Waals surface area (Å²) in [5.41, 5.74) is 1.47. The number of nitrogens with zero attached hydrogens (tertiary/aromatic N) is 2. The largest absolute Gasteiger partial charge is 0.386 e. The number of aromatic nitrogens is 2. The van der Waals surface area contributed by atoms with Crippen LogP contribution in [0, 0.1) is 5.82 Å². The third kappa shape index (κ3) is 2.92. The molecule has 5 heteroatoms. The molecule has 0 fully saturated rings. The van der Waals surface area contributed by atoms with Gasteiger partial charge in [-0.25, -0.2) is 9.37 Å². The maximum atomic E-state index is 12.9. The van der Waals surface area contributed by atoms with Gasteiger partial charge in [-0.3, -0.25) is 0 Å². The molecule has 1 unspecified atom stereocenters. The molecule has 0 spiro atoms. The van der Waals surface area contributed by atoms with Gasteiger partial charge in [0, 0.05) is 24.1 Å². The number of aliphatic hydroxyl groups is 1. The molecule has 1 heterocycles. The monoisotopic (exact) mass is 298 g/mol. The number of aryl methyl sites for hydroxylation is 1. The lowest BCUT2D eigenvalue weighted by Crippen LogP contribution is -2.03. The summed E-state index contributed by atoms with van der Waals surface area (Å²) >= 11 is 3.28. The number of aliphatic hydroxyl groups excluding tert-OH is 1. The van der Waals surface area contributed by atoms with Gasteiger partial charge < -0.3 is 9.67 Å². The Morgan fingerprint density at radius 3 is 2.88 bits per heavy atom. The number of benzene rings is 1. The molecule has 2 aromatic rings. The van der Waals surface area contributed by atoms with Crippen molar-refractivity contribution < 1.29 is 9.50 Å². The number of hydrogen-bond donors (Lipinski definition) is 1. The molecule has 90 valence electrons. The van der Waals surface area contributed by atoms with Gasteiger partial charge in [-0.05, 0) is 17.7 Å². The second-order valence-corrected chi connectivity index (χ2v) is 4.77. The topological polar surface area (TPSA) is 38.0 Å². The third-order valence-electron chi connectivity index (χ3n) is 2.49. The minimum atomic E-state index is -0.682. The molecule has 1 atom stereocenters. The molecule has 0 radical (unpaired) electrons. The predicted molar refractivity (Wildman–Crippen MR) is 66.0 cm³/mol. The van der Waals surface area contributed by atoms with Crippen LogP contribution in [0.2, 0.25) is 0 Å². The van der Waals surface area contributed by atoms with Crippen molar-refractivity contribution in [3.8, 4) is 0 Å². The molecule has 0 amide bonds. The van der Waals surface area contributed by atoms with E-state index in [9.17, 15) is 9.50 Å².